The van der Waals surface area contributed by atoms with Gasteiger partial charge in [-0.05, 0) is 40.9 Å². The van der Waals surface area contributed by atoms with Crippen molar-refractivity contribution in [1.29, 1.82) is 0 Å². The minimum absolute atomic E-state index is 0.148. The Bertz CT molecular complexity index is 920. The molecule has 0 aliphatic carbocycles. The molecule has 2 heterocycles. The van der Waals surface area contributed by atoms with Crippen molar-refractivity contribution in [3.63, 3.8) is 0 Å². The zero-order chi connectivity index (χ0) is 18.7. The Morgan fingerprint density at radius 2 is 2.15 bits per heavy atom. The molecule has 8 heteroatoms. The van der Waals surface area contributed by atoms with Crippen LogP contribution < -0.4 is 5.32 Å². The summed E-state index contributed by atoms with van der Waals surface area (Å²) in [5.74, 6) is 0.370. The molecule has 2 aromatic heterocycles. The number of hydrogen-bond donors (Lipinski definition) is 1. The Labute approximate surface area is 165 Å². The van der Waals surface area contributed by atoms with Gasteiger partial charge in [0.25, 0.3) is 0 Å². The number of nitrogens with one attached hydrogen (secondary N) is 1. The van der Waals surface area contributed by atoms with E-state index in [1.54, 1.807) is 17.1 Å². The van der Waals surface area contributed by atoms with E-state index >= 15 is 0 Å². The Balaban J connectivity index is 1.74. The van der Waals surface area contributed by atoms with Crippen LogP contribution in [0.4, 0.5) is 5.82 Å². The molecule has 6 nitrogen and oxygen atoms in total. The van der Waals surface area contributed by atoms with Gasteiger partial charge in [-0.15, -0.1) is 0 Å². The largest absolute Gasteiger partial charge is 0.307 e. The summed E-state index contributed by atoms with van der Waals surface area (Å²) in [6.45, 7) is 4.44. The number of rotatable bonds is 6. The fourth-order valence-electron chi connectivity index (χ4n) is 2.71. The van der Waals surface area contributed by atoms with E-state index in [0.717, 1.165) is 15.7 Å². The second-order valence-electron chi connectivity index (χ2n) is 5.97. The van der Waals surface area contributed by atoms with Gasteiger partial charge in [-0.3, -0.25) is 14.2 Å². The molecule has 0 spiro atoms. The van der Waals surface area contributed by atoms with Crippen molar-refractivity contribution in [2.45, 2.75) is 32.9 Å². The summed E-state index contributed by atoms with van der Waals surface area (Å²) >= 11 is 9.58. The molecule has 1 aromatic carbocycles. The quantitative estimate of drug-likeness (QED) is 0.621. The average molecular weight is 437 g/mol. The SMILES string of the molecule is CCC(C(=O)Nc1cc(C)n(Cc2ccccc2Cl)n1)n1cc(Br)cn1. The van der Waals surface area contributed by atoms with Gasteiger partial charge in [0.15, 0.2) is 5.82 Å². The number of halogens is 2. The van der Waals surface area contributed by atoms with Crippen molar-refractivity contribution in [3.05, 3.63) is 63.5 Å². The molecule has 136 valence electrons. The van der Waals surface area contributed by atoms with Gasteiger partial charge in [-0.2, -0.15) is 10.2 Å². The lowest BCUT2D eigenvalue weighted by Gasteiger charge is -2.14. The van der Waals surface area contributed by atoms with E-state index in [4.69, 9.17) is 11.6 Å². The van der Waals surface area contributed by atoms with Gasteiger partial charge in [0.05, 0.1) is 17.2 Å². The van der Waals surface area contributed by atoms with E-state index in [0.29, 0.717) is 23.8 Å². The van der Waals surface area contributed by atoms with Crippen molar-refractivity contribution < 1.29 is 4.79 Å². The Hall–Kier alpha value is -2.12. The molecule has 0 saturated heterocycles. The molecule has 1 N–H and O–H groups in total. The highest BCUT2D eigenvalue weighted by Gasteiger charge is 2.20. The first-order chi connectivity index (χ1) is 12.5. The lowest BCUT2D eigenvalue weighted by atomic mass is 10.2. The van der Waals surface area contributed by atoms with Gasteiger partial charge in [-0.1, -0.05) is 36.7 Å². The monoisotopic (exact) mass is 435 g/mol. The van der Waals surface area contributed by atoms with Crippen molar-refractivity contribution in [3.8, 4) is 0 Å². The number of aryl methyl sites for hydroxylation is 1. The number of hydrogen-bond acceptors (Lipinski definition) is 3. The topological polar surface area (TPSA) is 64.7 Å². The standard InChI is InChI=1S/C18H19BrClN5O/c1-3-16(25-11-14(19)9-21-25)18(26)22-17-8-12(2)24(23-17)10-13-6-4-5-7-15(13)20/h4-9,11,16H,3,10H2,1-2H3,(H,22,23,26). The first-order valence-electron chi connectivity index (χ1n) is 8.26. The van der Waals surface area contributed by atoms with Crippen LogP contribution in [0.2, 0.25) is 5.02 Å². The number of amides is 1. The van der Waals surface area contributed by atoms with E-state index in [1.807, 2.05) is 48.9 Å². The predicted molar refractivity (Wildman–Crippen MR) is 105 cm³/mol. The summed E-state index contributed by atoms with van der Waals surface area (Å²) in [6.07, 6.45) is 4.08. The lowest BCUT2D eigenvalue weighted by molar-refractivity contribution is -0.119. The Morgan fingerprint density at radius 1 is 1.38 bits per heavy atom. The number of carbonyl (C=O) groups is 1. The fourth-order valence-corrected chi connectivity index (χ4v) is 3.20. The first kappa shape index (κ1) is 18.7. The maximum Gasteiger partial charge on any atom is 0.250 e. The van der Waals surface area contributed by atoms with E-state index in [1.165, 1.54) is 0 Å². The molecule has 0 aliphatic rings. The van der Waals surface area contributed by atoms with Crippen LogP contribution in [0.3, 0.4) is 0 Å². The molecular weight excluding hydrogens is 418 g/mol. The molecule has 26 heavy (non-hydrogen) atoms. The number of anilines is 1. The molecule has 3 aromatic rings. The van der Waals surface area contributed by atoms with Crippen LogP contribution in [0.25, 0.3) is 0 Å². The summed E-state index contributed by atoms with van der Waals surface area (Å²) in [7, 11) is 0. The molecule has 1 atom stereocenters. The number of aromatic nitrogens is 4. The van der Waals surface area contributed by atoms with Crippen molar-refractivity contribution >= 4 is 39.3 Å². The molecule has 0 radical (unpaired) electrons. The summed E-state index contributed by atoms with van der Waals surface area (Å²) in [4.78, 5) is 12.6. The Kier molecular flexibility index (Phi) is 5.78. The van der Waals surface area contributed by atoms with Crippen LogP contribution in [0, 0.1) is 6.92 Å². The molecule has 1 amide bonds. The van der Waals surface area contributed by atoms with Crippen LogP contribution in [-0.4, -0.2) is 25.5 Å². The van der Waals surface area contributed by atoms with Crippen LogP contribution in [0.15, 0.2) is 47.2 Å². The lowest BCUT2D eigenvalue weighted by Crippen LogP contribution is -2.26. The molecular formula is C18H19BrClN5O. The molecule has 0 bridgehead atoms. The maximum absolute atomic E-state index is 12.6. The predicted octanol–water partition coefficient (Wildman–Crippen LogP) is 4.44. The van der Waals surface area contributed by atoms with Crippen molar-refractivity contribution in [1.82, 2.24) is 19.6 Å². The summed E-state index contributed by atoms with van der Waals surface area (Å²) in [6, 6.07) is 9.11. The molecule has 0 saturated carbocycles. The van der Waals surface area contributed by atoms with Gasteiger partial charge in [0.1, 0.15) is 6.04 Å². The van der Waals surface area contributed by atoms with E-state index < -0.39 is 6.04 Å². The number of nitrogens with zero attached hydrogens (tertiary/aromatic N) is 4. The number of carbonyl (C=O) groups excluding carboxylic acids is 1. The molecule has 0 fully saturated rings. The minimum Gasteiger partial charge on any atom is -0.307 e. The smallest absolute Gasteiger partial charge is 0.250 e. The highest BCUT2D eigenvalue weighted by atomic mass is 79.9. The molecule has 0 aliphatic heterocycles. The maximum atomic E-state index is 12.6. The summed E-state index contributed by atoms with van der Waals surface area (Å²) in [5.41, 5.74) is 1.92. The fraction of sp³-hybridized carbons (Fsp3) is 0.278. The van der Waals surface area contributed by atoms with Crippen LogP contribution >= 0.6 is 27.5 Å². The zero-order valence-corrected chi connectivity index (χ0v) is 16.8. The normalized spacial score (nSPS) is 12.2. The zero-order valence-electron chi connectivity index (χ0n) is 14.5. The van der Waals surface area contributed by atoms with Crippen molar-refractivity contribution in [2.75, 3.05) is 5.32 Å². The summed E-state index contributed by atoms with van der Waals surface area (Å²) < 4.78 is 4.30. The summed E-state index contributed by atoms with van der Waals surface area (Å²) in [5, 5.41) is 12.3. The molecule has 3 rings (SSSR count). The van der Waals surface area contributed by atoms with Gasteiger partial charge < -0.3 is 5.32 Å². The highest BCUT2D eigenvalue weighted by molar-refractivity contribution is 9.10. The minimum atomic E-state index is -0.393. The van der Waals surface area contributed by atoms with E-state index in [9.17, 15) is 4.79 Å². The van der Waals surface area contributed by atoms with Crippen LogP contribution in [0.1, 0.15) is 30.6 Å². The first-order valence-corrected chi connectivity index (χ1v) is 9.43. The third kappa shape index (κ3) is 4.16. The van der Waals surface area contributed by atoms with Crippen molar-refractivity contribution in [2.24, 2.45) is 0 Å². The third-order valence-electron chi connectivity index (χ3n) is 4.09. The second-order valence-corrected chi connectivity index (χ2v) is 7.29. The van der Waals surface area contributed by atoms with Crippen LogP contribution in [-0.2, 0) is 11.3 Å². The van der Waals surface area contributed by atoms with Gasteiger partial charge in [0.2, 0.25) is 5.91 Å². The van der Waals surface area contributed by atoms with E-state index in [-0.39, 0.29) is 5.91 Å². The molecule has 1 unspecified atom stereocenters. The Morgan fingerprint density at radius 3 is 2.81 bits per heavy atom. The van der Waals surface area contributed by atoms with Crippen LogP contribution in [0.5, 0.6) is 0 Å². The van der Waals surface area contributed by atoms with Gasteiger partial charge >= 0.3 is 0 Å². The van der Waals surface area contributed by atoms with Gasteiger partial charge in [-0.25, -0.2) is 0 Å². The highest BCUT2D eigenvalue weighted by Crippen LogP contribution is 2.20. The second kappa shape index (κ2) is 8.05. The number of benzene rings is 1. The van der Waals surface area contributed by atoms with Gasteiger partial charge in [0, 0.05) is 23.0 Å². The average Bonchev–Trinajstić information content (AvgIpc) is 3.16. The third-order valence-corrected chi connectivity index (χ3v) is 4.87. The van der Waals surface area contributed by atoms with E-state index in [2.05, 4.69) is 31.4 Å².